The summed E-state index contributed by atoms with van der Waals surface area (Å²) in [5, 5.41) is 8.66. The summed E-state index contributed by atoms with van der Waals surface area (Å²) in [7, 11) is -3.15. The zero-order chi connectivity index (χ0) is 20.4. The predicted octanol–water partition coefficient (Wildman–Crippen LogP) is 4.21. The van der Waals surface area contributed by atoms with Crippen LogP contribution in [0, 0.1) is 0 Å². The Balaban J connectivity index is 1.73. The van der Waals surface area contributed by atoms with Crippen molar-refractivity contribution in [2.24, 2.45) is 0 Å². The molecule has 4 rings (SSSR count). The van der Waals surface area contributed by atoms with Crippen LogP contribution in [0.3, 0.4) is 0 Å². The number of sulfone groups is 1. The summed E-state index contributed by atoms with van der Waals surface area (Å²) in [5.41, 5.74) is 4.79. The summed E-state index contributed by atoms with van der Waals surface area (Å²) < 4.78 is 25.0. The monoisotopic (exact) mass is 426 g/mol. The number of nitrogens with zero attached hydrogens (tertiary/aromatic N) is 3. The molecule has 0 amide bonds. The Hall–Kier alpha value is -2.90. The van der Waals surface area contributed by atoms with E-state index in [9.17, 15) is 8.42 Å². The molecule has 1 N–H and O–H groups in total. The molecule has 3 heterocycles. The fourth-order valence-corrected chi connectivity index (χ4v) is 4.17. The van der Waals surface area contributed by atoms with Crippen molar-refractivity contribution in [2.45, 2.75) is 12.3 Å². The van der Waals surface area contributed by atoms with Crippen LogP contribution in [0.15, 0.2) is 67.1 Å². The number of anilines is 1. The number of nitrogens with one attached hydrogen (secondary N) is 1. The molecular formula is C21H19ClN4O2S. The minimum Gasteiger partial charge on any atom is -0.379 e. The smallest absolute Gasteiger partial charge is 0.151 e. The molecule has 0 aliphatic rings. The maximum Gasteiger partial charge on any atom is 0.151 e. The van der Waals surface area contributed by atoms with Gasteiger partial charge in [-0.15, -0.1) is 0 Å². The van der Waals surface area contributed by atoms with E-state index in [0.717, 1.165) is 22.3 Å². The number of benzene rings is 1. The van der Waals surface area contributed by atoms with Crippen molar-refractivity contribution in [3.8, 4) is 11.3 Å². The van der Waals surface area contributed by atoms with Crippen LogP contribution >= 0.6 is 11.6 Å². The number of pyridine rings is 1. The van der Waals surface area contributed by atoms with Crippen LogP contribution in [-0.4, -0.2) is 29.3 Å². The van der Waals surface area contributed by atoms with Crippen LogP contribution in [-0.2, 0) is 22.1 Å². The Morgan fingerprint density at radius 3 is 2.62 bits per heavy atom. The molecule has 0 bridgehead atoms. The van der Waals surface area contributed by atoms with Gasteiger partial charge in [0.1, 0.15) is 5.52 Å². The maximum absolute atomic E-state index is 11.6. The lowest BCUT2D eigenvalue weighted by Crippen LogP contribution is -2.04. The molecule has 3 aromatic heterocycles. The summed E-state index contributed by atoms with van der Waals surface area (Å²) in [6.45, 7) is 0.633. The van der Waals surface area contributed by atoms with Gasteiger partial charge in [-0.05, 0) is 29.3 Å². The van der Waals surface area contributed by atoms with E-state index in [4.69, 9.17) is 11.6 Å². The third kappa shape index (κ3) is 4.58. The topological polar surface area (TPSA) is 76.4 Å². The van der Waals surface area contributed by atoms with Gasteiger partial charge in [0.25, 0.3) is 0 Å². The number of aromatic nitrogens is 3. The molecule has 0 saturated carbocycles. The summed E-state index contributed by atoms with van der Waals surface area (Å²) >= 11 is 6.38. The first kappa shape index (κ1) is 19.4. The second kappa shape index (κ2) is 7.85. The van der Waals surface area contributed by atoms with Gasteiger partial charge in [-0.2, -0.15) is 5.10 Å². The Morgan fingerprint density at radius 1 is 1.07 bits per heavy atom. The lowest BCUT2D eigenvalue weighted by molar-refractivity contribution is 0.601. The van der Waals surface area contributed by atoms with Gasteiger partial charge in [0.2, 0.25) is 0 Å². The summed E-state index contributed by atoms with van der Waals surface area (Å²) in [4.78, 5) is 4.19. The highest BCUT2D eigenvalue weighted by Crippen LogP contribution is 2.30. The average molecular weight is 427 g/mol. The van der Waals surface area contributed by atoms with Crippen molar-refractivity contribution in [3.05, 3.63) is 83.3 Å². The van der Waals surface area contributed by atoms with E-state index in [2.05, 4.69) is 15.4 Å². The Kier molecular flexibility index (Phi) is 5.25. The van der Waals surface area contributed by atoms with Crippen LogP contribution in [0.5, 0.6) is 0 Å². The van der Waals surface area contributed by atoms with E-state index in [1.54, 1.807) is 35.2 Å². The highest BCUT2D eigenvalue weighted by molar-refractivity contribution is 7.89. The van der Waals surface area contributed by atoms with Crippen molar-refractivity contribution >= 4 is 32.6 Å². The van der Waals surface area contributed by atoms with Gasteiger partial charge >= 0.3 is 0 Å². The Labute approximate surface area is 174 Å². The highest BCUT2D eigenvalue weighted by atomic mass is 35.5. The number of hydrogen-bond donors (Lipinski definition) is 1. The lowest BCUT2D eigenvalue weighted by atomic mass is 10.1. The molecule has 0 radical (unpaired) electrons. The van der Waals surface area contributed by atoms with Gasteiger partial charge in [0.05, 0.1) is 22.2 Å². The largest absolute Gasteiger partial charge is 0.379 e. The van der Waals surface area contributed by atoms with Gasteiger partial charge < -0.3 is 5.32 Å². The standard InChI is InChI=1S/C21H19ClN4O2S/c1-29(27,28)14-16-9-17(13-23-11-16)19-10-20(21-18(22)7-8-26(21)25-19)24-12-15-5-3-2-4-6-15/h2-11,13,24H,12,14H2,1H3. The van der Waals surface area contributed by atoms with E-state index < -0.39 is 9.84 Å². The summed E-state index contributed by atoms with van der Waals surface area (Å²) in [6.07, 6.45) is 6.23. The minimum atomic E-state index is -3.15. The zero-order valence-corrected chi connectivity index (χ0v) is 17.3. The average Bonchev–Trinajstić information content (AvgIpc) is 3.07. The van der Waals surface area contributed by atoms with Crippen molar-refractivity contribution in [3.63, 3.8) is 0 Å². The first-order valence-electron chi connectivity index (χ1n) is 8.97. The van der Waals surface area contributed by atoms with E-state index in [1.807, 2.05) is 36.4 Å². The van der Waals surface area contributed by atoms with Crippen molar-refractivity contribution < 1.29 is 8.42 Å². The lowest BCUT2D eigenvalue weighted by Gasteiger charge is -2.12. The molecule has 29 heavy (non-hydrogen) atoms. The molecule has 0 spiro atoms. The fraction of sp³-hybridized carbons (Fsp3) is 0.143. The van der Waals surface area contributed by atoms with Crippen LogP contribution in [0.4, 0.5) is 5.69 Å². The quantitative estimate of drug-likeness (QED) is 0.500. The third-order valence-electron chi connectivity index (χ3n) is 4.41. The van der Waals surface area contributed by atoms with Gasteiger partial charge in [-0.1, -0.05) is 41.9 Å². The first-order valence-corrected chi connectivity index (χ1v) is 11.4. The number of rotatable bonds is 6. The third-order valence-corrected chi connectivity index (χ3v) is 5.58. The number of fused-ring (bicyclic) bond motifs is 1. The normalized spacial score (nSPS) is 11.7. The Bertz CT molecular complexity index is 1270. The van der Waals surface area contributed by atoms with Crippen molar-refractivity contribution in [1.29, 1.82) is 0 Å². The van der Waals surface area contributed by atoms with Gasteiger partial charge in [0.15, 0.2) is 9.84 Å². The number of hydrogen-bond acceptors (Lipinski definition) is 5. The zero-order valence-electron chi connectivity index (χ0n) is 15.7. The molecule has 0 aliphatic heterocycles. The molecule has 0 fully saturated rings. The fourth-order valence-electron chi connectivity index (χ4n) is 3.16. The van der Waals surface area contributed by atoms with E-state index >= 15 is 0 Å². The van der Waals surface area contributed by atoms with Gasteiger partial charge in [0, 0.05) is 37.0 Å². The molecule has 0 unspecified atom stereocenters. The summed E-state index contributed by atoms with van der Waals surface area (Å²) in [5.74, 6) is -0.0649. The van der Waals surface area contributed by atoms with Crippen molar-refractivity contribution in [1.82, 2.24) is 14.6 Å². The molecule has 4 aromatic rings. The predicted molar refractivity (Wildman–Crippen MR) is 116 cm³/mol. The van der Waals surface area contributed by atoms with Crippen LogP contribution in [0.2, 0.25) is 5.02 Å². The van der Waals surface area contributed by atoms with Gasteiger partial charge in [-0.25, -0.2) is 12.9 Å². The van der Waals surface area contributed by atoms with Crippen LogP contribution < -0.4 is 5.32 Å². The molecule has 6 nitrogen and oxygen atoms in total. The maximum atomic E-state index is 11.6. The van der Waals surface area contributed by atoms with Crippen LogP contribution in [0.25, 0.3) is 16.8 Å². The second-order valence-electron chi connectivity index (χ2n) is 6.89. The summed E-state index contributed by atoms with van der Waals surface area (Å²) in [6, 6.07) is 15.6. The molecule has 148 valence electrons. The van der Waals surface area contributed by atoms with Crippen LogP contribution in [0.1, 0.15) is 11.1 Å². The molecule has 1 aromatic carbocycles. The van der Waals surface area contributed by atoms with E-state index in [-0.39, 0.29) is 5.75 Å². The highest BCUT2D eigenvalue weighted by Gasteiger charge is 2.13. The molecule has 0 aliphatic carbocycles. The van der Waals surface area contributed by atoms with Crippen molar-refractivity contribution in [2.75, 3.05) is 11.6 Å². The van der Waals surface area contributed by atoms with Gasteiger partial charge in [-0.3, -0.25) is 4.98 Å². The SMILES string of the molecule is CS(=O)(=O)Cc1cncc(-c2cc(NCc3ccccc3)c3c(Cl)ccn3n2)c1. The first-order chi connectivity index (χ1) is 13.9. The van der Waals surface area contributed by atoms with E-state index in [1.165, 1.54) is 6.26 Å². The molecule has 0 atom stereocenters. The Morgan fingerprint density at radius 2 is 1.86 bits per heavy atom. The number of halogens is 1. The van der Waals surface area contributed by atoms with E-state index in [0.29, 0.717) is 22.8 Å². The molecular weight excluding hydrogens is 408 g/mol. The molecule has 8 heteroatoms. The minimum absolute atomic E-state index is 0.0649. The second-order valence-corrected chi connectivity index (χ2v) is 9.44. The molecule has 0 saturated heterocycles.